The highest BCUT2D eigenvalue weighted by Gasteiger charge is 2.36. The summed E-state index contributed by atoms with van der Waals surface area (Å²) >= 11 is 0. The molecule has 0 unspecified atom stereocenters. The van der Waals surface area contributed by atoms with E-state index in [4.69, 9.17) is 0 Å². The zero-order valence-corrected chi connectivity index (χ0v) is 16.9. The molecular formula is C22H27N5O. The van der Waals surface area contributed by atoms with Gasteiger partial charge in [-0.25, -0.2) is 4.68 Å². The first-order chi connectivity index (χ1) is 13.4. The highest BCUT2D eigenvalue weighted by atomic mass is 16.2. The molecule has 0 saturated heterocycles. The van der Waals surface area contributed by atoms with E-state index >= 15 is 0 Å². The van der Waals surface area contributed by atoms with Crippen molar-refractivity contribution >= 4 is 5.91 Å². The molecule has 3 aromatic rings. The number of nitrogens with zero attached hydrogens (tertiary/aromatic N) is 3. The molecule has 146 valence electrons. The zero-order chi connectivity index (χ0) is 19.9. The van der Waals surface area contributed by atoms with Crippen molar-refractivity contribution in [1.82, 2.24) is 25.3 Å². The Labute approximate surface area is 165 Å². The van der Waals surface area contributed by atoms with Gasteiger partial charge in [0.2, 0.25) is 0 Å². The van der Waals surface area contributed by atoms with Crippen LogP contribution in [0.3, 0.4) is 0 Å². The number of hydrogen-bond donors (Lipinski definition) is 2. The Morgan fingerprint density at radius 1 is 1.32 bits per heavy atom. The average molecular weight is 377 g/mol. The van der Waals surface area contributed by atoms with Gasteiger partial charge >= 0.3 is 0 Å². The molecule has 4 rings (SSSR count). The maximum atomic E-state index is 12.8. The number of aryl methyl sites for hydroxylation is 2. The molecule has 0 saturated carbocycles. The molecule has 6 nitrogen and oxygen atoms in total. The van der Waals surface area contributed by atoms with E-state index in [9.17, 15) is 4.79 Å². The minimum atomic E-state index is -0.146. The van der Waals surface area contributed by atoms with Crippen LogP contribution in [0.4, 0.5) is 0 Å². The highest BCUT2D eigenvalue weighted by molar-refractivity contribution is 5.92. The second-order valence-electron chi connectivity index (χ2n) is 8.50. The van der Waals surface area contributed by atoms with E-state index in [0.29, 0.717) is 5.69 Å². The van der Waals surface area contributed by atoms with Crippen LogP contribution in [-0.2, 0) is 12.8 Å². The lowest BCUT2D eigenvalue weighted by Gasteiger charge is -2.35. The standard InChI is InChI=1S/C22H27N5O/c1-5-15-10-18(26-25-15)21(28)24-19-11-22(3,4)12-20-17(19)13-23-27(20)16-8-6-14(2)7-9-16/h6-10,13,19H,5,11-12H2,1-4H3,(H,24,28)(H,25,26)/t19-/m0/s1. The molecule has 0 radical (unpaired) electrons. The van der Waals surface area contributed by atoms with Gasteiger partial charge in [-0.3, -0.25) is 9.89 Å². The Morgan fingerprint density at radius 2 is 2.07 bits per heavy atom. The minimum absolute atomic E-state index is 0.0631. The van der Waals surface area contributed by atoms with Crippen molar-refractivity contribution in [2.75, 3.05) is 0 Å². The van der Waals surface area contributed by atoms with Crippen LogP contribution in [0.15, 0.2) is 36.5 Å². The normalized spacial score (nSPS) is 17.9. The van der Waals surface area contributed by atoms with Crippen LogP contribution < -0.4 is 5.32 Å². The molecule has 2 heterocycles. The van der Waals surface area contributed by atoms with Crippen molar-refractivity contribution < 1.29 is 4.79 Å². The molecule has 2 aromatic heterocycles. The first-order valence-corrected chi connectivity index (χ1v) is 9.85. The number of carbonyl (C=O) groups is 1. The zero-order valence-electron chi connectivity index (χ0n) is 16.9. The lowest BCUT2D eigenvalue weighted by Crippen LogP contribution is -2.37. The number of rotatable bonds is 4. The Balaban J connectivity index is 1.65. The van der Waals surface area contributed by atoms with Gasteiger partial charge in [0.25, 0.3) is 5.91 Å². The smallest absolute Gasteiger partial charge is 0.272 e. The first kappa shape index (κ1) is 18.5. The van der Waals surface area contributed by atoms with Gasteiger partial charge in [-0.15, -0.1) is 0 Å². The lowest BCUT2D eigenvalue weighted by molar-refractivity contribution is 0.0914. The van der Waals surface area contributed by atoms with Crippen LogP contribution in [-0.4, -0.2) is 25.9 Å². The van der Waals surface area contributed by atoms with Crippen molar-refractivity contribution in [1.29, 1.82) is 0 Å². The predicted molar refractivity (Wildman–Crippen MR) is 109 cm³/mol. The molecule has 0 spiro atoms. The summed E-state index contributed by atoms with van der Waals surface area (Å²) in [6, 6.07) is 10.1. The van der Waals surface area contributed by atoms with E-state index in [1.807, 2.05) is 23.9 Å². The Kier molecular flexibility index (Phi) is 4.57. The summed E-state index contributed by atoms with van der Waals surface area (Å²) in [5.74, 6) is -0.146. The maximum absolute atomic E-state index is 12.8. The van der Waals surface area contributed by atoms with Gasteiger partial charge in [0.05, 0.1) is 23.6 Å². The van der Waals surface area contributed by atoms with Gasteiger partial charge in [0.15, 0.2) is 0 Å². The van der Waals surface area contributed by atoms with Crippen LogP contribution in [0.5, 0.6) is 0 Å². The van der Waals surface area contributed by atoms with Gasteiger partial charge in [0.1, 0.15) is 5.69 Å². The monoisotopic (exact) mass is 377 g/mol. The van der Waals surface area contributed by atoms with Crippen molar-refractivity contribution in [2.45, 2.75) is 53.0 Å². The lowest BCUT2D eigenvalue weighted by atomic mass is 9.74. The van der Waals surface area contributed by atoms with Crippen molar-refractivity contribution in [3.05, 3.63) is 64.7 Å². The number of hydrogen-bond acceptors (Lipinski definition) is 3. The minimum Gasteiger partial charge on any atom is -0.344 e. The van der Waals surface area contributed by atoms with Gasteiger partial charge in [-0.2, -0.15) is 10.2 Å². The summed E-state index contributed by atoms with van der Waals surface area (Å²) in [6.45, 7) is 8.59. The molecule has 6 heteroatoms. The van der Waals surface area contributed by atoms with Crippen LogP contribution in [0.2, 0.25) is 0 Å². The van der Waals surface area contributed by atoms with E-state index in [1.165, 1.54) is 11.3 Å². The number of amides is 1. The Morgan fingerprint density at radius 3 is 2.75 bits per heavy atom. The molecule has 1 aliphatic rings. The number of benzene rings is 1. The summed E-state index contributed by atoms with van der Waals surface area (Å²) in [5, 5.41) is 14.9. The topological polar surface area (TPSA) is 75.6 Å². The van der Waals surface area contributed by atoms with Crippen LogP contribution in [0.25, 0.3) is 5.69 Å². The number of aromatic amines is 1. The third kappa shape index (κ3) is 3.46. The van der Waals surface area contributed by atoms with E-state index in [1.54, 1.807) is 0 Å². The molecule has 0 aliphatic heterocycles. The van der Waals surface area contributed by atoms with Gasteiger partial charge in [-0.05, 0) is 49.8 Å². The van der Waals surface area contributed by atoms with E-state index < -0.39 is 0 Å². The third-order valence-corrected chi connectivity index (χ3v) is 5.51. The second-order valence-corrected chi connectivity index (χ2v) is 8.50. The highest BCUT2D eigenvalue weighted by Crippen LogP contribution is 2.41. The van der Waals surface area contributed by atoms with E-state index in [2.05, 4.69) is 65.6 Å². The molecule has 1 aromatic carbocycles. The number of aromatic nitrogens is 4. The van der Waals surface area contributed by atoms with Gasteiger partial charge in [-0.1, -0.05) is 38.5 Å². The molecule has 1 amide bonds. The fourth-order valence-electron chi connectivity index (χ4n) is 3.97. The van der Waals surface area contributed by atoms with Crippen molar-refractivity contribution in [2.24, 2.45) is 5.41 Å². The number of H-pyrrole nitrogens is 1. The van der Waals surface area contributed by atoms with Crippen LogP contribution >= 0.6 is 0 Å². The molecule has 0 fully saturated rings. The summed E-state index contributed by atoms with van der Waals surface area (Å²) in [6.07, 6.45) is 4.52. The first-order valence-electron chi connectivity index (χ1n) is 9.85. The molecular weight excluding hydrogens is 350 g/mol. The average Bonchev–Trinajstić information content (AvgIpc) is 3.28. The molecule has 28 heavy (non-hydrogen) atoms. The van der Waals surface area contributed by atoms with Crippen LogP contribution in [0.1, 0.15) is 66.2 Å². The molecule has 0 bridgehead atoms. The number of carbonyl (C=O) groups excluding carboxylic acids is 1. The Hall–Kier alpha value is -2.89. The van der Waals surface area contributed by atoms with Gasteiger partial charge in [0, 0.05) is 11.3 Å². The van der Waals surface area contributed by atoms with E-state index in [0.717, 1.165) is 36.2 Å². The maximum Gasteiger partial charge on any atom is 0.272 e. The molecule has 1 aliphatic carbocycles. The largest absolute Gasteiger partial charge is 0.344 e. The SMILES string of the molecule is CCc1cc(C(=O)N[C@H]2CC(C)(C)Cc3c2cnn3-c2ccc(C)cc2)n[nH]1. The third-order valence-electron chi connectivity index (χ3n) is 5.51. The fraction of sp³-hybridized carbons (Fsp3) is 0.409. The fourth-order valence-corrected chi connectivity index (χ4v) is 3.97. The van der Waals surface area contributed by atoms with Crippen molar-refractivity contribution in [3.8, 4) is 5.69 Å². The van der Waals surface area contributed by atoms with E-state index in [-0.39, 0.29) is 17.4 Å². The van der Waals surface area contributed by atoms with Crippen molar-refractivity contribution in [3.63, 3.8) is 0 Å². The number of fused-ring (bicyclic) bond motifs is 1. The second kappa shape index (κ2) is 6.93. The molecule has 1 atom stereocenters. The quantitative estimate of drug-likeness (QED) is 0.724. The predicted octanol–water partition coefficient (Wildman–Crippen LogP) is 3.91. The summed E-state index contributed by atoms with van der Waals surface area (Å²) < 4.78 is 2.01. The van der Waals surface area contributed by atoms with Gasteiger partial charge < -0.3 is 5.32 Å². The Bertz CT molecular complexity index is 996. The summed E-state index contributed by atoms with van der Waals surface area (Å²) in [7, 11) is 0. The molecule has 2 N–H and O–H groups in total. The summed E-state index contributed by atoms with van der Waals surface area (Å²) in [4.78, 5) is 12.8. The number of nitrogens with one attached hydrogen (secondary N) is 2. The van der Waals surface area contributed by atoms with Crippen LogP contribution in [0, 0.1) is 12.3 Å². The summed E-state index contributed by atoms with van der Waals surface area (Å²) in [5.41, 5.74) is 6.00.